The molecule has 0 saturated heterocycles. The van der Waals surface area contributed by atoms with Crippen molar-refractivity contribution in [1.29, 1.82) is 0 Å². The molecule has 0 aliphatic heterocycles. The summed E-state index contributed by atoms with van der Waals surface area (Å²) in [7, 11) is 3.05. The number of methoxy groups -OCH3 is 2. The first kappa shape index (κ1) is 28.9. The number of benzene rings is 3. The number of hydrogen-bond acceptors (Lipinski definition) is 6. The van der Waals surface area contributed by atoms with Gasteiger partial charge in [0.25, 0.3) is 5.69 Å². The normalized spacial score (nSPS) is 14.3. The summed E-state index contributed by atoms with van der Waals surface area (Å²) < 4.78 is 11.0. The number of amides is 1. The number of para-hydroxylation sites is 1. The lowest BCUT2D eigenvalue weighted by Gasteiger charge is -2.33. The molecule has 1 fully saturated rings. The van der Waals surface area contributed by atoms with Gasteiger partial charge >= 0.3 is 0 Å². The summed E-state index contributed by atoms with van der Waals surface area (Å²) in [5, 5.41) is 12.3. The van der Waals surface area contributed by atoms with E-state index in [9.17, 15) is 19.7 Å². The van der Waals surface area contributed by atoms with Crippen molar-refractivity contribution in [3.8, 4) is 11.5 Å². The standard InChI is InChI=1S/C33H35N3O6/c1-41-30-17-16-26(20-31(30)42-2)35(32(38)19-24-21-34-28-11-7-6-10-27(24)28)33(23-12-14-25(15-13-23)36(39)40)29(37)18-22-8-4-3-5-9-22/h6-7,10-17,20-22,33-34H,3-5,8-9,18-19H2,1-2H3. The summed E-state index contributed by atoms with van der Waals surface area (Å²) in [5.74, 6) is 0.765. The van der Waals surface area contributed by atoms with Crippen molar-refractivity contribution >= 4 is 34.0 Å². The Morgan fingerprint density at radius 1 is 0.976 bits per heavy atom. The maximum absolute atomic E-state index is 14.4. The van der Waals surface area contributed by atoms with Crippen LogP contribution < -0.4 is 14.4 Å². The third-order valence-electron chi connectivity index (χ3n) is 8.13. The van der Waals surface area contributed by atoms with Crippen LogP contribution in [0, 0.1) is 16.0 Å². The summed E-state index contributed by atoms with van der Waals surface area (Å²) in [5.41, 5.74) is 2.63. The molecule has 1 aliphatic rings. The number of anilines is 1. The van der Waals surface area contributed by atoms with Crippen LogP contribution in [0.1, 0.15) is 55.7 Å². The Balaban J connectivity index is 1.61. The van der Waals surface area contributed by atoms with E-state index in [2.05, 4.69) is 4.98 Å². The number of nitrogens with zero attached hydrogens (tertiary/aromatic N) is 2. The highest BCUT2D eigenvalue weighted by Gasteiger charge is 2.35. The number of aromatic amines is 1. The minimum absolute atomic E-state index is 0.0402. The van der Waals surface area contributed by atoms with Gasteiger partial charge in [0.15, 0.2) is 17.3 Å². The third-order valence-corrected chi connectivity index (χ3v) is 8.13. The SMILES string of the molecule is COc1ccc(N(C(=O)Cc2c[nH]c3ccccc23)C(C(=O)CC2CCCCC2)c2ccc([N+](=O)[O-])cc2)cc1OC. The van der Waals surface area contributed by atoms with Crippen LogP contribution in [0.15, 0.2) is 72.9 Å². The number of carbonyl (C=O) groups excluding carboxylic acids is 2. The molecular formula is C33H35N3O6. The summed E-state index contributed by atoms with van der Waals surface area (Å²) >= 11 is 0. The fourth-order valence-corrected chi connectivity index (χ4v) is 5.98. The highest BCUT2D eigenvalue weighted by atomic mass is 16.6. The summed E-state index contributed by atoms with van der Waals surface area (Å²) in [4.78, 5) is 44.3. The van der Waals surface area contributed by atoms with Gasteiger partial charge in [-0.1, -0.05) is 50.3 Å². The predicted molar refractivity (Wildman–Crippen MR) is 161 cm³/mol. The summed E-state index contributed by atoms with van der Waals surface area (Å²) in [6.45, 7) is 0. The van der Waals surface area contributed by atoms with Gasteiger partial charge in [0.2, 0.25) is 5.91 Å². The van der Waals surface area contributed by atoms with Crippen LogP contribution in [0.4, 0.5) is 11.4 Å². The second-order valence-electron chi connectivity index (χ2n) is 10.8. The van der Waals surface area contributed by atoms with E-state index in [4.69, 9.17) is 9.47 Å². The zero-order chi connectivity index (χ0) is 29.6. The van der Waals surface area contributed by atoms with Gasteiger partial charge in [-0.2, -0.15) is 0 Å². The number of nitro benzene ring substituents is 1. The zero-order valence-electron chi connectivity index (χ0n) is 23.9. The predicted octanol–water partition coefficient (Wildman–Crippen LogP) is 6.95. The van der Waals surface area contributed by atoms with Crippen molar-refractivity contribution in [2.24, 2.45) is 5.92 Å². The maximum Gasteiger partial charge on any atom is 0.269 e. The van der Waals surface area contributed by atoms with E-state index in [1.165, 1.54) is 31.3 Å². The minimum atomic E-state index is -0.983. The molecule has 42 heavy (non-hydrogen) atoms. The van der Waals surface area contributed by atoms with E-state index in [0.29, 0.717) is 29.2 Å². The van der Waals surface area contributed by atoms with E-state index in [0.717, 1.165) is 48.6 Å². The number of Topliss-reactive ketones (excluding diaryl/α,β-unsaturated/α-hetero) is 1. The quantitative estimate of drug-likeness (QED) is 0.154. The maximum atomic E-state index is 14.4. The number of fused-ring (bicyclic) bond motifs is 1. The Morgan fingerprint density at radius 2 is 1.69 bits per heavy atom. The highest BCUT2D eigenvalue weighted by Crippen LogP contribution is 2.38. The smallest absolute Gasteiger partial charge is 0.269 e. The molecule has 0 spiro atoms. The molecule has 9 heteroatoms. The van der Waals surface area contributed by atoms with E-state index in [1.807, 2.05) is 30.5 Å². The van der Waals surface area contributed by atoms with Crippen LogP contribution in [0.5, 0.6) is 11.5 Å². The molecule has 1 heterocycles. The number of aromatic nitrogens is 1. The second kappa shape index (κ2) is 12.9. The molecule has 9 nitrogen and oxygen atoms in total. The summed E-state index contributed by atoms with van der Waals surface area (Å²) in [6.07, 6.45) is 7.45. The second-order valence-corrected chi connectivity index (χ2v) is 10.8. The number of ether oxygens (including phenoxy) is 2. The number of non-ortho nitro benzene ring substituents is 1. The minimum Gasteiger partial charge on any atom is -0.493 e. The number of ketones is 1. The Bertz CT molecular complexity index is 1570. The van der Waals surface area contributed by atoms with Crippen LogP contribution in [-0.2, 0) is 16.0 Å². The lowest BCUT2D eigenvalue weighted by molar-refractivity contribution is -0.384. The monoisotopic (exact) mass is 569 g/mol. The summed E-state index contributed by atoms with van der Waals surface area (Å²) in [6, 6.07) is 17.8. The van der Waals surface area contributed by atoms with Gasteiger partial charge < -0.3 is 14.5 Å². The molecule has 3 aromatic carbocycles. The molecule has 1 aromatic heterocycles. The number of H-pyrrole nitrogens is 1. The number of rotatable bonds is 11. The van der Waals surface area contributed by atoms with Crippen LogP contribution in [0.25, 0.3) is 10.9 Å². The van der Waals surface area contributed by atoms with Gasteiger partial charge in [-0.15, -0.1) is 0 Å². The fourth-order valence-electron chi connectivity index (χ4n) is 5.98. The molecule has 4 aromatic rings. The first-order chi connectivity index (χ1) is 20.4. The number of nitro groups is 1. The first-order valence-corrected chi connectivity index (χ1v) is 14.3. The first-order valence-electron chi connectivity index (χ1n) is 14.3. The molecule has 218 valence electrons. The van der Waals surface area contributed by atoms with Gasteiger partial charge in [-0.25, -0.2) is 0 Å². The molecule has 1 atom stereocenters. The third kappa shape index (κ3) is 6.15. The Kier molecular flexibility index (Phi) is 8.85. The molecule has 1 amide bonds. The molecule has 5 rings (SSSR count). The zero-order valence-corrected chi connectivity index (χ0v) is 23.9. The van der Waals surface area contributed by atoms with Gasteiger partial charge in [0.05, 0.1) is 25.6 Å². The van der Waals surface area contributed by atoms with Gasteiger partial charge in [0, 0.05) is 47.4 Å². The average molecular weight is 570 g/mol. The van der Waals surface area contributed by atoms with Crippen molar-refractivity contribution in [2.45, 2.75) is 51.0 Å². The molecule has 0 bridgehead atoms. The van der Waals surface area contributed by atoms with Crippen molar-refractivity contribution in [3.63, 3.8) is 0 Å². The Labute approximate surface area is 244 Å². The molecule has 1 aliphatic carbocycles. The molecule has 0 radical (unpaired) electrons. The Morgan fingerprint density at radius 3 is 2.38 bits per heavy atom. The van der Waals surface area contributed by atoms with Crippen LogP contribution >= 0.6 is 0 Å². The van der Waals surface area contributed by atoms with Crippen LogP contribution in [0.2, 0.25) is 0 Å². The number of hydrogen-bond donors (Lipinski definition) is 1. The average Bonchev–Trinajstić information content (AvgIpc) is 3.42. The van der Waals surface area contributed by atoms with E-state index in [1.54, 1.807) is 30.3 Å². The lowest BCUT2D eigenvalue weighted by atomic mass is 9.83. The Hall–Kier alpha value is -4.66. The lowest BCUT2D eigenvalue weighted by Crippen LogP contribution is -2.40. The molecular weight excluding hydrogens is 534 g/mol. The van der Waals surface area contributed by atoms with Gasteiger partial charge in [-0.3, -0.25) is 24.6 Å². The van der Waals surface area contributed by atoms with E-state index >= 15 is 0 Å². The number of nitrogens with one attached hydrogen (secondary N) is 1. The largest absolute Gasteiger partial charge is 0.493 e. The molecule has 1 N–H and O–H groups in total. The van der Waals surface area contributed by atoms with Crippen molar-refractivity contribution in [2.75, 3.05) is 19.1 Å². The van der Waals surface area contributed by atoms with E-state index < -0.39 is 11.0 Å². The van der Waals surface area contributed by atoms with Gasteiger partial charge in [0.1, 0.15) is 6.04 Å². The molecule has 1 unspecified atom stereocenters. The van der Waals surface area contributed by atoms with Crippen molar-refractivity contribution in [3.05, 3.63) is 94.2 Å². The topological polar surface area (TPSA) is 115 Å². The van der Waals surface area contributed by atoms with E-state index in [-0.39, 0.29) is 29.7 Å². The van der Waals surface area contributed by atoms with Gasteiger partial charge in [-0.05, 0) is 47.4 Å². The highest BCUT2D eigenvalue weighted by molar-refractivity contribution is 6.04. The molecule has 1 saturated carbocycles. The van der Waals surface area contributed by atoms with Crippen LogP contribution in [0.3, 0.4) is 0 Å². The van der Waals surface area contributed by atoms with Crippen molar-refractivity contribution < 1.29 is 24.0 Å². The van der Waals surface area contributed by atoms with Crippen LogP contribution in [-0.4, -0.2) is 35.8 Å². The van der Waals surface area contributed by atoms with Crippen molar-refractivity contribution in [1.82, 2.24) is 4.98 Å². The fraction of sp³-hybridized carbons (Fsp3) is 0.333. The number of carbonyl (C=O) groups is 2.